The van der Waals surface area contributed by atoms with Crippen molar-refractivity contribution < 1.29 is 27.7 Å². The predicted octanol–water partition coefficient (Wildman–Crippen LogP) is 3.97. The largest absolute Gasteiger partial charge is 0.416 e. The van der Waals surface area contributed by atoms with Gasteiger partial charge >= 0.3 is 6.18 Å². The van der Waals surface area contributed by atoms with Crippen molar-refractivity contribution in [2.75, 3.05) is 42.9 Å². The third-order valence-corrected chi connectivity index (χ3v) is 5.44. The Bertz CT molecular complexity index is 1030. The SMILES string of the molecule is CC(=O)c1ccc(NC(=O)CCN2CCN(c3ccc(C(F)(F)F)cc3[N+](=O)[O-])CC2)cc1. The number of nitrogens with zero attached hydrogens (tertiary/aromatic N) is 3. The normalized spacial score (nSPS) is 14.7. The molecule has 8 nitrogen and oxygen atoms in total. The maximum atomic E-state index is 12.9. The first-order chi connectivity index (χ1) is 15.5. The molecule has 11 heteroatoms. The minimum Gasteiger partial charge on any atom is -0.363 e. The van der Waals surface area contributed by atoms with Crippen LogP contribution >= 0.6 is 0 Å². The molecule has 1 N–H and O–H groups in total. The number of anilines is 2. The van der Waals surface area contributed by atoms with Gasteiger partial charge in [0.15, 0.2) is 5.78 Å². The molecule has 0 aromatic heterocycles. The second kappa shape index (κ2) is 9.99. The summed E-state index contributed by atoms with van der Waals surface area (Å²) in [7, 11) is 0. The Hall–Kier alpha value is -3.47. The van der Waals surface area contributed by atoms with Gasteiger partial charge in [0.2, 0.25) is 5.91 Å². The van der Waals surface area contributed by atoms with Gasteiger partial charge in [-0.1, -0.05) is 0 Å². The number of rotatable bonds is 7. The van der Waals surface area contributed by atoms with Gasteiger partial charge in [-0.2, -0.15) is 13.2 Å². The van der Waals surface area contributed by atoms with Gasteiger partial charge in [-0.15, -0.1) is 0 Å². The van der Waals surface area contributed by atoms with E-state index in [1.807, 2.05) is 4.90 Å². The summed E-state index contributed by atoms with van der Waals surface area (Å²) < 4.78 is 38.7. The van der Waals surface area contributed by atoms with Crippen molar-refractivity contribution in [1.82, 2.24) is 4.90 Å². The maximum absolute atomic E-state index is 12.9. The smallest absolute Gasteiger partial charge is 0.363 e. The fraction of sp³-hybridized carbons (Fsp3) is 0.364. The first kappa shape index (κ1) is 24.2. The van der Waals surface area contributed by atoms with E-state index in [9.17, 15) is 32.9 Å². The number of benzene rings is 2. The van der Waals surface area contributed by atoms with E-state index >= 15 is 0 Å². The van der Waals surface area contributed by atoms with Crippen LogP contribution in [0.15, 0.2) is 42.5 Å². The van der Waals surface area contributed by atoms with Crippen LogP contribution in [0.3, 0.4) is 0 Å². The Labute approximate surface area is 188 Å². The molecule has 0 bridgehead atoms. The number of nitrogens with one attached hydrogen (secondary N) is 1. The van der Waals surface area contributed by atoms with Gasteiger partial charge in [0.25, 0.3) is 5.69 Å². The van der Waals surface area contributed by atoms with Crippen molar-refractivity contribution in [3.05, 3.63) is 63.7 Å². The molecule has 0 atom stereocenters. The lowest BCUT2D eigenvalue weighted by Crippen LogP contribution is -2.47. The molecule has 0 aliphatic carbocycles. The third-order valence-electron chi connectivity index (χ3n) is 5.44. The van der Waals surface area contributed by atoms with Crippen LogP contribution in [-0.2, 0) is 11.0 Å². The lowest BCUT2D eigenvalue weighted by Gasteiger charge is -2.35. The van der Waals surface area contributed by atoms with E-state index < -0.39 is 22.4 Å². The number of ketones is 1. The highest BCUT2D eigenvalue weighted by atomic mass is 19.4. The molecule has 0 unspecified atom stereocenters. The molecule has 0 radical (unpaired) electrons. The molecule has 0 spiro atoms. The van der Waals surface area contributed by atoms with Gasteiger partial charge in [-0.25, -0.2) is 0 Å². The quantitative estimate of drug-likeness (QED) is 0.379. The van der Waals surface area contributed by atoms with Crippen LogP contribution < -0.4 is 10.2 Å². The molecule has 1 amide bonds. The summed E-state index contributed by atoms with van der Waals surface area (Å²) in [5.41, 5.74) is -0.338. The second-order valence-electron chi connectivity index (χ2n) is 7.72. The van der Waals surface area contributed by atoms with E-state index in [1.165, 1.54) is 6.92 Å². The molecule has 1 fully saturated rings. The van der Waals surface area contributed by atoms with Gasteiger partial charge in [0.05, 0.1) is 10.5 Å². The van der Waals surface area contributed by atoms with Gasteiger partial charge in [0.1, 0.15) is 5.69 Å². The Balaban J connectivity index is 1.52. The lowest BCUT2D eigenvalue weighted by molar-refractivity contribution is -0.384. The number of nitro benzene ring substituents is 1. The maximum Gasteiger partial charge on any atom is 0.416 e. The van der Waals surface area contributed by atoms with Crippen molar-refractivity contribution in [3.8, 4) is 0 Å². The zero-order chi connectivity index (χ0) is 24.2. The summed E-state index contributed by atoms with van der Waals surface area (Å²) in [5, 5.41) is 14.1. The van der Waals surface area contributed by atoms with E-state index in [1.54, 1.807) is 29.2 Å². The number of alkyl halides is 3. The molecular formula is C22H23F3N4O4. The van der Waals surface area contributed by atoms with Crippen LogP contribution in [0.4, 0.5) is 30.2 Å². The predicted molar refractivity (Wildman–Crippen MR) is 116 cm³/mol. The van der Waals surface area contributed by atoms with Gasteiger partial charge in [-0.3, -0.25) is 24.6 Å². The van der Waals surface area contributed by atoms with E-state index in [0.717, 1.165) is 12.1 Å². The third kappa shape index (κ3) is 6.28. The van der Waals surface area contributed by atoms with Gasteiger partial charge in [0, 0.05) is 56.5 Å². The fourth-order valence-electron chi connectivity index (χ4n) is 3.60. The Morgan fingerprint density at radius 2 is 1.70 bits per heavy atom. The fourth-order valence-corrected chi connectivity index (χ4v) is 3.60. The van der Waals surface area contributed by atoms with Crippen LogP contribution in [0.25, 0.3) is 0 Å². The summed E-state index contributed by atoms with van der Waals surface area (Å²) in [6, 6.07) is 9.14. The Morgan fingerprint density at radius 1 is 1.06 bits per heavy atom. The minimum atomic E-state index is -4.65. The Kier molecular flexibility index (Phi) is 7.32. The molecule has 33 heavy (non-hydrogen) atoms. The average molecular weight is 464 g/mol. The van der Waals surface area contributed by atoms with E-state index in [0.29, 0.717) is 50.0 Å². The van der Waals surface area contributed by atoms with Crippen molar-refractivity contribution >= 4 is 28.8 Å². The van der Waals surface area contributed by atoms with Crippen LogP contribution in [0.1, 0.15) is 29.3 Å². The molecule has 1 heterocycles. The van der Waals surface area contributed by atoms with Crippen LogP contribution in [-0.4, -0.2) is 54.2 Å². The van der Waals surface area contributed by atoms with Crippen LogP contribution in [0.2, 0.25) is 0 Å². The highest BCUT2D eigenvalue weighted by Gasteiger charge is 2.34. The lowest BCUT2D eigenvalue weighted by atomic mass is 10.1. The molecule has 1 aliphatic rings. The van der Waals surface area contributed by atoms with E-state index in [4.69, 9.17) is 0 Å². The van der Waals surface area contributed by atoms with Crippen LogP contribution in [0.5, 0.6) is 0 Å². The number of halogens is 3. The van der Waals surface area contributed by atoms with Gasteiger partial charge in [-0.05, 0) is 43.3 Å². The topological polar surface area (TPSA) is 95.8 Å². The molecular weight excluding hydrogens is 441 g/mol. The van der Waals surface area contributed by atoms with Crippen molar-refractivity contribution in [1.29, 1.82) is 0 Å². The number of nitro groups is 1. The zero-order valence-electron chi connectivity index (χ0n) is 17.9. The molecule has 0 saturated carbocycles. The van der Waals surface area contributed by atoms with E-state index in [-0.39, 0.29) is 23.8 Å². The summed E-state index contributed by atoms with van der Waals surface area (Å²) >= 11 is 0. The Morgan fingerprint density at radius 3 is 2.24 bits per heavy atom. The zero-order valence-corrected chi connectivity index (χ0v) is 17.9. The molecule has 2 aromatic carbocycles. The minimum absolute atomic E-state index is 0.0614. The number of hydrogen-bond acceptors (Lipinski definition) is 6. The molecule has 176 valence electrons. The number of carbonyl (C=O) groups is 2. The number of amides is 1. The van der Waals surface area contributed by atoms with Crippen molar-refractivity contribution in [2.45, 2.75) is 19.5 Å². The monoisotopic (exact) mass is 464 g/mol. The highest BCUT2D eigenvalue weighted by Crippen LogP contribution is 2.36. The standard InChI is InChI=1S/C22H23F3N4O4/c1-15(30)16-2-5-18(6-3-16)26-21(31)8-9-27-10-12-28(13-11-27)19-7-4-17(22(23,24)25)14-20(19)29(32)33/h2-7,14H,8-13H2,1H3,(H,26,31). The van der Waals surface area contributed by atoms with Crippen LogP contribution in [0, 0.1) is 10.1 Å². The highest BCUT2D eigenvalue weighted by molar-refractivity contribution is 5.95. The number of hydrogen-bond donors (Lipinski definition) is 1. The summed E-state index contributed by atoms with van der Waals surface area (Å²) in [5.74, 6) is -0.250. The molecule has 3 rings (SSSR count). The molecule has 2 aromatic rings. The number of piperazine rings is 1. The van der Waals surface area contributed by atoms with Gasteiger partial charge < -0.3 is 10.2 Å². The number of carbonyl (C=O) groups excluding carboxylic acids is 2. The first-order valence-electron chi connectivity index (χ1n) is 10.3. The average Bonchev–Trinajstić information content (AvgIpc) is 2.77. The van der Waals surface area contributed by atoms with Crippen molar-refractivity contribution in [2.24, 2.45) is 0 Å². The molecule has 1 aliphatic heterocycles. The number of Topliss-reactive ketones (excluding diaryl/α,β-unsaturated/α-hetero) is 1. The molecule has 1 saturated heterocycles. The summed E-state index contributed by atoms with van der Waals surface area (Å²) in [6.45, 7) is 3.74. The summed E-state index contributed by atoms with van der Waals surface area (Å²) in [6.07, 6.45) is -4.42. The first-order valence-corrected chi connectivity index (χ1v) is 10.3. The summed E-state index contributed by atoms with van der Waals surface area (Å²) in [4.78, 5) is 37.7. The van der Waals surface area contributed by atoms with Crippen molar-refractivity contribution in [3.63, 3.8) is 0 Å². The second-order valence-corrected chi connectivity index (χ2v) is 7.72. The van der Waals surface area contributed by atoms with E-state index in [2.05, 4.69) is 5.32 Å².